The van der Waals surface area contributed by atoms with E-state index in [2.05, 4.69) is 10.2 Å². The number of nitrogens with two attached hydrogens (primary N) is 1. The molecular weight excluding hydrogens is 304 g/mol. The van der Waals surface area contributed by atoms with Crippen molar-refractivity contribution in [3.8, 4) is 5.75 Å². The van der Waals surface area contributed by atoms with Gasteiger partial charge in [0.15, 0.2) is 5.78 Å². The van der Waals surface area contributed by atoms with Gasteiger partial charge in [0.25, 0.3) is 5.56 Å². The van der Waals surface area contributed by atoms with E-state index < -0.39 is 0 Å². The zero-order chi connectivity index (χ0) is 16.3. The molecule has 2 N–H and O–H groups in total. The number of Topliss-reactive ketones (excluding diaryl/α,β-unsaturated/α-hetero) is 1. The number of nitrogens with zero attached hydrogens (tertiary/aromatic N) is 3. The zero-order valence-corrected chi connectivity index (χ0v) is 13.3. The molecule has 0 saturated carbocycles. The molecular formula is C14H16N4O3S. The third-order valence-electron chi connectivity index (χ3n) is 3.06. The van der Waals surface area contributed by atoms with Gasteiger partial charge in [0.1, 0.15) is 11.4 Å². The van der Waals surface area contributed by atoms with Gasteiger partial charge in [0, 0.05) is 16.9 Å². The van der Waals surface area contributed by atoms with E-state index in [1.165, 1.54) is 18.7 Å². The standard InChI is InChI=1S/C14H16N4O3S/c1-8-13(20)18(15)14(17-16-8)22-7-11-6-10(9(2)19)4-5-12(11)21-3/h4-6H,7,15H2,1-3H3. The number of aromatic nitrogens is 3. The van der Waals surface area contributed by atoms with Crippen molar-refractivity contribution in [3.63, 3.8) is 0 Å². The highest BCUT2D eigenvalue weighted by molar-refractivity contribution is 7.98. The van der Waals surface area contributed by atoms with Crippen LogP contribution in [0.15, 0.2) is 28.2 Å². The number of nitrogen functional groups attached to an aromatic ring is 1. The van der Waals surface area contributed by atoms with Gasteiger partial charge >= 0.3 is 0 Å². The topological polar surface area (TPSA) is 100 Å². The molecule has 0 atom stereocenters. The highest BCUT2D eigenvalue weighted by Gasteiger charge is 2.11. The smallest absolute Gasteiger partial charge is 0.294 e. The molecule has 8 heteroatoms. The quantitative estimate of drug-likeness (QED) is 0.501. The fourth-order valence-electron chi connectivity index (χ4n) is 1.82. The van der Waals surface area contributed by atoms with Crippen LogP contribution in [0.2, 0.25) is 0 Å². The summed E-state index contributed by atoms with van der Waals surface area (Å²) in [5.74, 6) is 6.76. The maximum absolute atomic E-state index is 11.7. The molecule has 0 aliphatic heterocycles. The molecule has 2 rings (SSSR count). The second kappa shape index (κ2) is 6.61. The third kappa shape index (κ3) is 3.28. The van der Waals surface area contributed by atoms with E-state index in [0.29, 0.717) is 22.2 Å². The monoisotopic (exact) mass is 320 g/mol. The van der Waals surface area contributed by atoms with Gasteiger partial charge in [-0.3, -0.25) is 9.59 Å². The maximum Gasteiger partial charge on any atom is 0.294 e. The minimum Gasteiger partial charge on any atom is -0.496 e. The van der Waals surface area contributed by atoms with Gasteiger partial charge in [-0.1, -0.05) is 11.8 Å². The SMILES string of the molecule is COc1ccc(C(C)=O)cc1CSc1nnc(C)c(=O)n1N. The molecule has 0 spiro atoms. The van der Waals surface area contributed by atoms with E-state index in [-0.39, 0.29) is 17.0 Å². The van der Waals surface area contributed by atoms with Crippen LogP contribution >= 0.6 is 11.8 Å². The molecule has 0 aliphatic carbocycles. The predicted molar refractivity (Wildman–Crippen MR) is 83.7 cm³/mol. The molecule has 1 aromatic carbocycles. The van der Waals surface area contributed by atoms with Crippen molar-refractivity contribution in [3.05, 3.63) is 45.4 Å². The lowest BCUT2D eigenvalue weighted by Crippen LogP contribution is -2.32. The Morgan fingerprint density at radius 3 is 2.77 bits per heavy atom. The summed E-state index contributed by atoms with van der Waals surface area (Å²) < 4.78 is 6.25. The van der Waals surface area contributed by atoms with Crippen LogP contribution in [0, 0.1) is 6.92 Å². The molecule has 0 radical (unpaired) electrons. The molecule has 7 nitrogen and oxygen atoms in total. The number of thioether (sulfide) groups is 1. The number of hydrogen-bond donors (Lipinski definition) is 1. The average molecular weight is 320 g/mol. The van der Waals surface area contributed by atoms with Crippen molar-refractivity contribution < 1.29 is 9.53 Å². The van der Waals surface area contributed by atoms with Crippen LogP contribution in [0.4, 0.5) is 0 Å². The van der Waals surface area contributed by atoms with E-state index in [4.69, 9.17) is 10.6 Å². The molecule has 1 heterocycles. The normalized spacial score (nSPS) is 10.5. The molecule has 2 aromatic rings. The van der Waals surface area contributed by atoms with E-state index in [1.54, 1.807) is 32.2 Å². The summed E-state index contributed by atoms with van der Waals surface area (Å²) in [5.41, 5.74) is 1.26. The first-order valence-corrected chi connectivity index (χ1v) is 7.44. The molecule has 1 aromatic heterocycles. The zero-order valence-electron chi connectivity index (χ0n) is 12.5. The highest BCUT2D eigenvalue weighted by atomic mass is 32.2. The molecule has 0 aliphatic rings. The summed E-state index contributed by atoms with van der Waals surface area (Å²) in [7, 11) is 1.56. The molecule has 22 heavy (non-hydrogen) atoms. The van der Waals surface area contributed by atoms with Gasteiger partial charge in [-0.25, -0.2) is 0 Å². The largest absolute Gasteiger partial charge is 0.496 e. The Kier molecular flexibility index (Phi) is 4.81. The number of carbonyl (C=O) groups is 1. The lowest BCUT2D eigenvalue weighted by atomic mass is 10.1. The Labute approximate surface area is 131 Å². The van der Waals surface area contributed by atoms with Crippen molar-refractivity contribution >= 4 is 17.5 Å². The van der Waals surface area contributed by atoms with Gasteiger partial charge in [-0.2, -0.15) is 4.68 Å². The van der Waals surface area contributed by atoms with Crippen molar-refractivity contribution in [1.29, 1.82) is 0 Å². The number of carbonyl (C=O) groups excluding carboxylic acids is 1. The van der Waals surface area contributed by atoms with E-state index >= 15 is 0 Å². The van der Waals surface area contributed by atoms with E-state index in [1.807, 2.05) is 0 Å². The average Bonchev–Trinajstić information content (AvgIpc) is 2.51. The summed E-state index contributed by atoms with van der Waals surface area (Å²) in [6.07, 6.45) is 0. The highest BCUT2D eigenvalue weighted by Crippen LogP contribution is 2.27. The first-order valence-electron chi connectivity index (χ1n) is 6.46. The number of aryl methyl sites for hydroxylation is 1. The minimum absolute atomic E-state index is 0.0280. The summed E-state index contributed by atoms with van der Waals surface area (Å²) in [5, 5.41) is 7.98. The van der Waals surface area contributed by atoms with E-state index in [0.717, 1.165) is 10.2 Å². The molecule has 0 saturated heterocycles. The summed E-state index contributed by atoms with van der Waals surface area (Å²) in [4.78, 5) is 23.2. The number of rotatable bonds is 5. The Hall–Kier alpha value is -2.35. The van der Waals surface area contributed by atoms with Crippen LogP contribution in [0.1, 0.15) is 28.5 Å². The summed E-state index contributed by atoms with van der Waals surface area (Å²) in [6, 6.07) is 5.21. The van der Waals surface area contributed by atoms with Crippen LogP contribution in [0.5, 0.6) is 5.75 Å². The molecule has 0 unspecified atom stereocenters. The van der Waals surface area contributed by atoms with Gasteiger partial charge in [-0.15, -0.1) is 10.2 Å². The Balaban J connectivity index is 2.28. The second-order valence-corrected chi connectivity index (χ2v) is 5.56. The fourth-order valence-corrected chi connectivity index (χ4v) is 2.65. The van der Waals surface area contributed by atoms with Crippen molar-refractivity contribution in [2.75, 3.05) is 13.0 Å². The lowest BCUT2D eigenvalue weighted by Gasteiger charge is -2.10. The first kappa shape index (κ1) is 16.0. The predicted octanol–water partition coefficient (Wildman–Crippen LogP) is 1.16. The Morgan fingerprint density at radius 2 is 2.14 bits per heavy atom. The Morgan fingerprint density at radius 1 is 1.41 bits per heavy atom. The second-order valence-electron chi connectivity index (χ2n) is 4.61. The van der Waals surface area contributed by atoms with Gasteiger partial charge < -0.3 is 10.6 Å². The van der Waals surface area contributed by atoms with Crippen LogP contribution in [0.3, 0.4) is 0 Å². The Bertz CT molecular complexity index is 773. The molecule has 0 fully saturated rings. The van der Waals surface area contributed by atoms with Gasteiger partial charge in [0.2, 0.25) is 5.16 Å². The first-order chi connectivity index (χ1) is 10.4. The van der Waals surface area contributed by atoms with Crippen molar-refractivity contribution in [2.45, 2.75) is 24.8 Å². The number of hydrogen-bond acceptors (Lipinski definition) is 7. The number of methoxy groups -OCH3 is 1. The van der Waals surface area contributed by atoms with Crippen LogP contribution in [-0.4, -0.2) is 27.8 Å². The molecule has 0 amide bonds. The van der Waals surface area contributed by atoms with Crippen LogP contribution in [0.25, 0.3) is 0 Å². The number of ketones is 1. The lowest BCUT2D eigenvalue weighted by molar-refractivity contribution is 0.101. The third-order valence-corrected chi connectivity index (χ3v) is 4.06. The minimum atomic E-state index is -0.387. The maximum atomic E-state index is 11.7. The van der Waals surface area contributed by atoms with Crippen LogP contribution < -0.4 is 16.1 Å². The number of ether oxygens (including phenoxy) is 1. The van der Waals surface area contributed by atoms with Gasteiger partial charge in [0.05, 0.1) is 7.11 Å². The van der Waals surface area contributed by atoms with E-state index in [9.17, 15) is 9.59 Å². The van der Waals surface area contributed by atoms with Gasteiger partial charge in [-0.05, 0) is 32.0 Å². The van der Waals surface area contributed by atoms with Crippen molar-refractivity contribution in [2.24, 2.45) is 0 Å². The number of benzene rings is 1. The summed E-state index contributed by atoms with van der Waals surface area (Å²) >= 11 is 1.25. The molecule has 116 valence electrons. The van der Waals surface area contributed by atoms with Crippen molar-refractivity contribution in [1.82, 2.24) is 14.9 Å². The summed E-state index contributed by atoms with van der Waals surface area (Å²) in [6.45, 7) is 3.05. The van der Waals surface area contributed by atoms with Crippen LogP contribution in [-0.2, 0) is 5.75 Å². The molecule has 0 bridgehead atoms. The fraction of sp³-hybridized carbons (Fsp3) is 0.286.